The fourth-order valence-electron chi connectivity index (χ4n) is 8.38. The zero-order chi connectivity index (χ0) is 51.3. The smallest absolute Gasteiger partial charge is 0.423 e. The van der Waals surface area contributed by atoms with Crippen LogP contribution in [0.2, 0.25) is 0 Å². The predicted octanol–water partition coefficient (Wildman–Crippen LogP) is -2.37. The molecule has 17 N–H and O–H groups in total. The first kappa shape index (κ1) is 52.6. The summed E-state index contributed by atoms with van der Waals surface area (Å²) in [4.78, 5) is 24.7. The summed E-state index contributed by atoms with van der Waals surface area (Å²) in [5.74, 6) is -37.1. The van der Waals surface area contributed by atoms with E-state index in [0.717, 1.165) is 0 Å². The average Bonchev–Trinajstić information content (AvgIpc) is 3.10. The number of aromatic hydroxyl groups is 6. The molecule has 2 aromatic carbocycles. The van der Waals surface area contributed by atoms with E-state index in [1.807, 2.05) is 0 Å². The molecule has 4 rings (SSSR count). The maximum Gasteiger partial charge on any atom is 0.423 e. The SMILES string of the molecule is COC1(O)N(C(=O)N(C)C(C)(O)c2c(O)c(C(F)(F)F)c(O)c(C(F)(F)F)c2O)C(c2c(C)c(O)c(F)c(O)c2O)C(C)(O)C(N2C(C)(O)C(C)(O)N(C(C)=O)C(O)(O)C2(O)O)C1(O)O. The molecule has 0 radical (unpaired) electrons. The summed E-state index contributed by atoms with van der Waals surface area (Å²) >= 11 is 0. The lowest BCUT2D eigenvalue weighted by atomic mass is 9.69. The number of hydrogen-bond donors (Lipinski definition) is 17. The second-order valence-corrected chi connectivity index (χ2v) is 15.9. The third kappa shape index (κ3) is 6.70. The Morgan fingerprint density at radius 3 is 1.49 bits per heavy atom. The Labute approximate surface area is 358 Å². The van der Waals surface area contributed by atoms with E-state index in [-0.39, 0.29) is 34.9 Å². The molecule has 2 heterocycles. The number of nitrogens with zero attached hydrogens (tertiary/aromatic N) is 4. The van der Waals surface area contributed by atoms with Crippen molar-refractivity contribution in [2.75, 3.05) is 14.2 Å². The van der Waals surface area contributed by atoms with Crippen molar-refractivity contribution in [3.05, 3.63) is 33.6 Å². The van der Waals surface area contributed by atoms with Crippen LogP contribution in [0.25, 0.3) is 0 Å². The summed E-state index contributed by atoms with van der Waals surface area (Å²) in [6, 6.07) is -9.75. The number of piperidine rings is 1. The van der Waals surface area contributed by atoms with Crippen molar-refractivity contribution < 1.29 is 132 Å². The minimum absolute atomic E-state index is 0.0357. The van der Waals surface area contributed by atoms with Crippen molar-refractivity contribution in [1.82, 2.24) is 19.6 Å². The zero-order valence-electron chi connectivity index (χ0n) is 34.4. The highest BCUT2D eigenvalue weighted by atomic mass is 19.4. The van der Waals surface area contributed by atoms with Gasteiger partial charge in [0.1, 0.15) is 40.0 Å². The highest BCUT2D eigenvalue weighted by Gasteiger charge is 2.83. The number of piperazine rings is 1. The molecule has 0 bridgehead atoms. The van der Waals surface area contributed by atoms with Gasteiger partial charge in [0, 0.05) is 32.2 Å². The monoisotopic (exact) mass is 960 g/mol. The van der Waals surface area contributed by atoms with Crippen molar-refractivity contribution in [1.29, 1.82) is 0 Å². The standard InChI is InChI=1S/C34H43F7N4O20/c1-9-11(17(48)21(52)15(35)16(9)47)22-25(3,54)23(45-28(6,57)27(5,56)44(10(2)46)32(60,61)33(45,62)63)29(58,59)34(64,65-8)43(22)24(53)42(7)26(4,55)12-18(49)13(30(36,37)38)20(51)14(19(12)50)31(39,40)41/h22-23,47-52,54-64H,1-8H3. The van der Waals surface area contributed by atoms with Gasteiger partial charge in [-0.2, -0.15) is 30.7 Å². The normalized spacial score (nSPS) is 30.2. The molecule has 0 saturated carbocycles. The summed E-state index contributed by atoms with van der Waals surface area (Å²) in [5.41, 5.74) is -26.9. The zero-order valence-corrected chi connectivity index (χ0v) is 34.4. The van der Waals surface area contributed by atoms with Gasteiger partial charge in [-0.3, -0.25) is 19.5 Å². The van der Waals surface area contributed by atoms with Crippen LogP contribution in [-0.4, -0.2) is 179 Å². The second-order valence-electron chi connectivity index (χ2n) is 15.9. The molecule has 368 valence electrons. The van der Waals surface area contributed by atoms with E-state index in [2.05, 4.69) is 0 Å². The number of rotatable bonds is 5. The fourth-order valence-corrected chi connectivity index (χ4v) is 8.38. The lowest BCUT2D eigenvalue weighted by Crippen LogP contribution is -2.95. The third-order valence-electron chi connectivity index (χ3n) is 11.8. The summed E-state index contributed by atoms with van der Waals surface area (Å²) < 4.78 is 105. The van der Waals surface area contributed by atoms with Crippen LogP contribution in [0.15, 0.2) is 0 Å². The lowest BCUT2D eigenvalue weighted by molar-refractivity contribution is -0.565. The molecule has 0 aliphatic carbocycles. The van der Waals surface area contributed by atoms with Crippen LogP contribution in [-0.2, 0) is 27.6 Å². The first-order chi connectivity index (χ1) is 28.7. The van der Waals surface area contributed by atoms with Gasteiger partial charge in [0.25, 0.3) is 5.79 Å². The van der Waals surface area contributed by atoms with Gasteiger partial charge in [-0.05, 0) is 34.6 Å². The average molecular weight is 961 g/mol. The van der Waals surface area contributed by atoms with E-state index in [4.69, 9.17) is 4.74 Å². The number of alkyl halides is 6. The summed E-state index contributed by atoms with van der Waals surface area (Å²) in [6.45, 7) is 1.79. The molecular formula is C34H43F7N4O20. The number of halogens is 7. The number of phenols is 6. The van der Waals surface area contributed by atoms with Gasteiger partial charge < -0.3 is 91.5 Å². The number of aliphatic hydroxyl groups is 11. The number of hydrogen-bond acceptors (Lipinski definition) is 21. The number of carbonyl (C=O) groups is 2. The van der Waals surface area contributed by atoms with E-state index in [9.17, 15) is 127 Å². The number of ether oxygens (including phenoxy) is 1. The Morgan fingerprint density at radius 2 is 1.11 bits per heavy atom. The maximum absolute atomic E-state index is 15.0. The van der Waals surface area contributed by atoms with Crippen LogP contribution in [0.1, 0.15) is 68.5 Å². The molecule has 2 aromatic rings. The van der Waals surface area contributed by atoms with Crippen LogP contribution >= 0.6 is 0 Å². The van der Waals surface area contributed by atoms with Crippen molar-refractivity contribution in [2.45, 2.75) is 112 Å². The molecule has 7 atom stereocenters. The predicted molar refractivity (Wildman–Crippen MR) is 188 cm³/mol. The second kappa shape index (κ2) is 14.7. The number of likely N-dealkylation sites (tertiary alicyclic amines) is 1. The van der Waals surface area contributed by atoms with Crippen LogP contribution in [0.5, 0.6) is 34.5 Å². The minimum Gasteiger partial charge on any atom is -0.507 e. The van der Waals surface area contributed by atoms with Crippen LogP contribution < -0.4 is 0 Å². The molecule has 65 heavy (non-hydrogen) atoms. The van der Waals surface area contributed by atoms with Crippen LogP contribution in [0.4, 0.5) is 35.5 Å². The Kier molecular flexibility index (Phi) is 11.9. The topological polar surface area (TPSA) is 400 Å². The Balaban J connectivity index is 2.26. The highest BCUT2D eigenvalue weighted by Crippen LogP contribution is 2.61. The Morgan fingerprint density at radius 1 is 0.692 bits per heavy atom. The van der Waals surface area contributed by atoms with Crippen molar-refractivity contribution in [3.63, 3.8) is 0 Å². The van der Waals surface area contributed by atoms with Gasteiger partial charge in [0.15, 0.2) is 34.4 Å². The number of benzene rings is 2. The number of amides is 3. The first-order valence-electron chi connectivity index (χ1n) is 17.8. The molecule has 31 heteroatoms. The minimum atomic E-state index is -6.19. The molecule has 0 spiro atoms. The lowest BCUT2D eigenvalue weighted by Gasteiger charge is -2.70. The molecular weight excluding hydrogens is 917 g/mol. The number of carbonyl (C=O) groups excluding carboxylic acids is 2. The maximum atomic E-state index is 15.0. The van der Waals surface area contributed by atoms with Gasteiger partial charge in [-0.15, -0.1) is 0 Å². The van der Waals surface area contributed by atoms with E-state index < -0.39 is 170 Å². The van der Waals surface area contributed by atoms with Crippen molar-refractivity contribution >= 4 is 11.9 Å². The third-order valence-corrected chi connectivity index (χ3v) is 11.8. The van der Waals surface area contributed by atoms with Gasteiger partial charge in [-0.25, -0.2) is 9.69 Å². The van der Waals surface area contributed by atoms with E-state index in [0.29, 0.717) is 20.8 Å². The quantitative estimate of drug-likeness (QED) is 0.0644. The molecule has 2 fully saturated rings. The molecule has 7 unspecified atom stereocenters. The van der Waals surface area contributed by atoms with Gasteiger partial charge in [0.05, 0.1) is 11.6 Å². The van der Waals surface area contributed by atoms with E-state index >= 15 is 0 Å². The summed E-state index contributed by atoms with van der Waals surface area (Å²) in [7, 11) is 0.311. The number of methoxy groups -OCH3 is 1. The molecule has 0 aromatic heterocycles. The first-order valence-corrected chi connectivity index (χ1v) is 17.8. The van der Waals surface area contributed by atoms with E-state index in [1.54, 1.807) is 0 Å². The van der Waals surface area contributed by atoms with Crippen molar-refractivity contribution in [3.8, 4) is 34.5 Å². The van der Waals surface area contributed by atoms with Crippen LogP contribution in [0.3, 0.4) is 0 Å². The van der Waals surface area contributed by atoms with Crippen molar-refractivity contribution in [2.24, 2.45) is 0 Å². The largest absolute Gasteiger partial charge is 0.507 e. The van der Waals surface area contributed by atoms with Gasteiger partial charge in [-0.1, -0.05) is 0 Å². The fraction of sp³-hybridized carbons (Fsp3) is 0.588. The summed E-state index contributed by atoms with van der Waals surface area (Å²) in [5, 5.41) is 193. The Bertz CT molecular complexity index is 2220. The molecule has 2 aliphatic rings. The highest BCUT2D eigenvalue weighted by molar-refractivity contribution is 5.79. The molecule has 2 aliphatic heterocycles. The Hall–Kier alpha value is -5.03. The molecule has 2 saturated heterocycles. The van der Waals surface area contributed by atoms with E-state index in [1.165, 1.54) is 0 Å². The van der Waals surface area contributed by atoms with Gasteiger partial charge >= 0.3 is 36.1 Å². The van der Waals surface area contributed by atoms with Gasteiger partial charge in [0.2, 0.25) is 11.7 Å². The number of phenolic OH excluding ortho intramolecular Hbond substituents is 6. The number of urea groups is 1. The molecule has 24 nitrogen and oxygen atoms in total. The summed E-state index contributed by atoms with van der Waals surface area (Å²) in [6.07, 6.45) is -12.4. The molecule has 3 amide bonds. The van der Waals surface area contributed by atoms with Crippen LogP contribution in [0, 0.1) is 12.7 Å².